The van der Waals surface area contributed by atoms with E-state index >= 15 is 0 Å². The summed E-state index contributed by atoms with van der Waals surface area (Å²) in [6, 6.07) is 10.1. The third kappa shape index (κ3) is 5.47. The summed E-state index contributed by atoms with van der Waals surface area (Å²) in [5.41, 5.74) is 0. The number of piperidine rings is 1. The summed E-state index contributed by atoms with van der Waals surface area (Å²) < 4.78 is 33.1. The Morgan fingerprint density at radius 3 is 2.75 bits per heavy atom. The van der Waals surface area contributed by atoms with Crippen molar-refractivity contribution in [1.82, 2.24) is 9.62 Å². The van der Waals surface area contributed by atoms with Gasteiger partial charge in [-0.25, -0.2) is 8.42 Å². The fraction of sp³-hybridized carbons (Fsp3) is 0.421. The van der Waals surface area contributed by atoms with Crippen LogP contribution in [0.3, 0.4) is 0 Å². The fourth-order valence-corrected chi connectivity index (χ4v) is 6.18. The standard InChI is InChI=1S/C19H23ClN2O4S2/c20-15-6-8-17(9-7-15)26-14-18(23)21-11-10-16-4-1-2-12-22(16)28(24,25)19-5-3-13-27-19/h3,5-9,13,16H,1-2,4,10-12,14H2,(H,21,23). The second kappa shape index (κ2) is 9.73. The number of carbonyl (C=O) groups is 1. The topological polar surface area (TPSA) is 75.7 Å². The van der Waals surface area contributed by atoms with Crippen molar-refractivity contribution in [2.24, 2.45) is 0 Å². The van der Waals surface area contributed by atoms with E-state index in [0.717, 1.165) is 19.3 Å². The molecular formula is C19H23ClN2O4S2. The van der Waals surface area contributed by atoms with E-state index in [4.69, 9.17) is 16.3 Å². The zero-order chi connectivity index (χ0) is 20.0. The van der Waals surface area contributed by atoms with Crippen LogP contribution in [0.25, 0.3) is 0 Å². The van der Waals surface area contributed by atoms with E-state index < -0.39 is 10.0 Å². The van der Waals surface area contributed by atoms with Crippen LogP contribution >= 0.6 is 22.9 Å². The zero-order valence-corrected chi connectivity index (χ0v) is 17.7. The molecule has 1 N–H and O–H groups in total. The molecule has 1 atom stereocenters. The number of carbonyl (C=O) groups excluding carboxylic acids is 1. The van der Waals surface area contributed by atoms with Crippen molar-refractivity contribution >= 4 is 38.9 Å². The van der Waals surface area contributed by atoms with Gasteiger partial charge < -0.3 is 10.1 Å². The van der Waals surface area contributed by atoms with Crippen molar-refractivity contribution in [2.75, 3.05) is 19.7 Å². The lowest BCUT2D eigenvalue weighted by Gasteiger charge is -2.34. The highest BCUT2D eigenvalue weighted by Gasteiger charge is 2.33. The lowest BCUT2D eigenvalue weighted by Crippen LogP contribution is -2.45. The number of hydrogen-bond donors (Lipinski definition) is 1. The average molecular weight is 443 g/mol. The quantitative estimate of drug-likeness (QED) is 0.678. The average Bonchev–Trinajstić information content (AvgIpc) is 3.24. The third-order valence-electron chi connectivity index (χ3n) is 4.61. The molecule has 1 aromatic carbocycles. The Hall–Kier alpha value is -1.61. The predicted octanol–water partition coefficient (Wildman–Crippen LogP) is 3.53. The highest BCUT2D eigenvalue weighted by molar-refractivity contribution is 7.91. The molecule has 0 spiro atoms. The summed E-state index contributed by atoms with van der Waals surface area (Å²) in [6.45, 7) is 0.839. The molecule has 0 bridgehead atoms. The SMILES string of the molecule is O=C(COc1ccc(Cl)cc1)NCCC1CCCCN1S(=O)(=O)c1cccs1. The Bertz CT molecular complexity index is 870. The maximum Gasteiger partial charge on any atom is 0.257 e. The van der Waals surface area contributed by atoms with E-state index in [1.54, 1.807) is 46.1 Å². The van der Waals surface area contributed by atoms with Crippen LogP contribution in [0.5, 0.6) is 5.75 Å². The number of ether oxygens (including phenoxy) is 1. The normalized spacial score (nSPS) is 18.0. The molecule has 28 heavy (non-hydrogen) atoms. The summed E-state index contributed by atoms with van der Waals surface area (Å²) in [6.07, 6.45) is 3.25. The molecule has 1 amide bonds. The first-order valence-corrected chi connectivity index (χ1v) is 11.9. The number of benzene rings is 1. The molecule has 1 unspecified atom stereocenters. The van der Waals surface area contributed by atoms with Gasteiger partial charge in [-0.2, -0.15) is 4.31 Å². The largest absolute Gasteiger partial charge is 0.484 e. The van der Waals surface area contributed by atoms with Crippen molar-refractivity contribution in [3.63, 3.8) is 0 Å². The molecule has 3 rings (SSSR count). The number of sulfonamides is 1. The zero-order valence-electron chi connectivity index (χ0n) is 15.3. The van der Waals surface area contributed by atoms with E-state index in [0.29, 0.717) is 34.5 Å². The Labute approximate surface area is 174 Å². The molecule has 2 heterocycles. The second-order valence-corrected chi connectivity index (χ2v) is 10.1. The van der Waals surface area contributed by atoms with Crippen molar-refractivity contribution in [3.8, 4) is 5.75 Å². The first kappa shape index (κ1) is 21.1. The molecule has 152 valence electrons. The van der Waals surface area contributed by atoms with Crippen LogP contribution in [0, 0.1) is 0 Å². The van der Waals surface area contributed by atoms with Gasteiger partial charge in [0.05, 0.1) is 0 Å². The monoisotopic (exact) mass is 442 g/mol. The van der Waals surface area contributed by atoms with E-state index in [2.05, 4.69) is 5.32 Å². The molecule has 1 fully saturated rings. The van der Waals surface area contributed by atoms with E-state index in [1.807, 2.05) is 0 Å². The van der Waals surface area contributed by atoms with Crippen LogP contribution in [0.15, 0.2) is 46.0 Å². The maximum absolute atomic E-state index is 12.9. The van der Waals surface area contributed by atoms with E-state index in [-0.39, 0.29) is 18.6 Å². The predicted molar refractivity (Wildman–Crippen MR) is 110 cm³/mol. The maximum atomic E-state index is 12.9. The molecule has 1 aliphatic heterocycles. The first-order valence-electron chi connectivity index (χ1n) is 9.17. The van der Waals surface area contributed by atoms with Crippen molar-refractivity contribution in [3.05, 3.63) is 46.8 Å². The van der Waals surface area contributed by atoms with E-state index in [9.17, 15) is 13.2 Å². The molecule has 1 aromatic heterocycles. The third-order valence-corrected chi connectivity index (χ3v) is 8.19. The number of rotatable bonds is 8. The number of amides is 1. The van der Waals surface area contributed by atoms with Gasteiger partial charge in [0.25, 0.3) is 15.9 Å². The van der Waals surface area contributed by atoms with Crippen LogP contribution in [0.4, 0.5) is 0 Å². The molecule has 0 radical (unpaired) electrons. The Morgan fingerprint density at radius 2 is 2.04 bits per heavy atom. The van der Waals surface area contributed by atoms with Crippen LogP contribution in [-0.2, 0) is 14.8 Å². The van der Waals surface area contributed by atoms with Gasteiger partial charge in [-0.15, -0.1) is 11.3 Å². The Morgan fingerprint density at radius 1 is 1.25 bits per heavy atom. The molecule has 2 aromatic rings. The van der Waals surface area contributed by atoms with Gasteiger partial charge in [-0.3, -0.25) is 4.79 Å². The summed E-state index contributed by atoms with van der Waals surface area (Å²) >= 11 is 7.05. The van der Waals surface area contributed by atoms with Crippen LogP contribution in [0.2, 0.25) is 5.02 Å². The number of hydrogen-bond acceptors (Lipinski definition) is 5. The highest BCUT2D eigenvalue weighted by atomic mass is 35.5. The molecule has 0 aliphatic carbocycles. The Balaban J connectivity index is 1.48. The Kier molecular flexibility index (Phi) is 7.34. The van der Waals surface area contributed by atoms with E-state index in [1.165, 1.54) is 11.3 Å². The molecule has 9 heteroatoms. The van der Waals surface area contributed by atoms with Gasteiger partial charge in [-0.1, -0.05) is 24.1 Å². The fourth-order valence-electron chi connectivity index (χ4n) is 3.21. The molecule has 1 saturated heterocycles. The van der Waals surface area contributed by atoms with Crippen LogP contribution in [-0.4, -0.2) is 44.4 Å². The summed E-state index contributed by atoms with van der Waals surface area (Å²) in [4.78, 5) is 12.0. The lowest BCUT2D eigenvalue weighted by molar-refractivity contribution is -0.123. The van der Waals surface area contributed by atoms with Crippen LogP contribution < -0.4 is 10.1 Å². The number of nitrogens with zero attached hydrogens (tertiary/aromatic N) is 1. The van der Waals surface area contributed by atoms with Crippen LogP contribution in [0.1, 0.15) is 25.7 Å². The highest BCUT2D eigenvalue weighted by Crippen LogP contribution is 2.29. The molecule has 0 saturated carbocycles. The minimum absolute atomic E-state index is 0.0937. The summed E-state index contributed by atoms with van der Waals surface area (Å²) in [5, 5.41) is 5.18. The smallest absolute Gasteiger partial charge is 0.257 e. The molecule has 1 aliphatic rings. The van der Waals surface area contributed by atoms with Crippen molar-refractivity contribution < 1.29 is 17.9 Å². The van der Waals surface area contributed by atoms with Gasteiger partial charge >= 0.3 is 0 Å². The summed E-state index contributed by atoms with van der Waals surface area (Å²) in [5.74, 6) is 0.332. The summed E-state index contributed by atoms with van der Waals surface area (Å²) in [7, 11) is -3.46. The lowest BCUT2D eigenvalue weighted by atomic mass is 10.0. The molecular weight excluding hydrogens is 420 g/mol. The second-order valence-electron chi connectivity index (χ2n) is 6.58. The minimum Gasteiger partial charge on any atom is -0.484 e. The first-order chi connectivity index (χ1) is 13.5. The van der Waals surface area contributed by atoms with Gasteiger partial charge in [0.1, 0.15) is 9.96 Å². The molecule has 6 nitrogen and oxygen atoms in total. The number of thiophene rings is 1. The van der Waals surface area contributed by atoms with Gasteiger partial charge in [0.15, 0.2) is 6.61 Å². The van der Waals surface area contributed by atoms with Gasteiger partial charge in [0, 0.05) is 24.2 Å². The van der Waals surface area contributed by atoms with Gasteiger partial charge in [-0.05, 0) is 55.0 Å². The number of nitrogens with one attached hydrogen (secondary N) is 1. The van der Waals surface area contributed by atoms with Crippen molar-refractivity contribution in [2.45, 2.75) is 35.9 Å². The van der Waals surface area contributed by atoms with Gasteiger partial charge in [0.2, 0.25) is 0 Å². The number of halogens is 1. The van der Waals surface area contributed by atoms with Crippen molar-refractivity contribution in [1.29, 1.82) is 0 Å². The minimum atomic E-state index is -3.46.